The number of thiophene rings is 1. The van der Waals surface area contributed by atoms with Crippen LogP contribution < -0.4 is 5.56 Å². The smallest absolute Gasteiger partial charge is 0.259 e. The molecule has 21 heavy (non-hydrogen) atoms. The highest BCUT2D eigenvalue weighted by Gasteiger charge is 2.12. The quantitative estimate of drug-likeness (QED) is 0.769. The molecule has 0 fully saturated rings. The van der Waals surface area contributed by atoms with Crippen molar-refractivity contribution in [3.8, 4) is 0 Å². The summed E-state index contributed by atoms with van der Waals surface area (Å²) < 4.78 is 0. The van der Waals surface area contributed by atoms with E-state index in [0.717, 1.165) is 52.3 Å². The number of unbranched alkanes of at least 4 members (excludes halogenated alkanes) is 2. The number of nitrogens with one attached hydrogen (secondary N) is 1. The minimum Gasteiger partial charge on any atom is -0.396 e. The molecule has 0 unspecified atom stereocenters. The van der Waals surface area contributed by atoms with Gasteiger partial charge in [0.2, 0.25) is 0 Å². The molecule has 2 aromatic rings. The first-order chi connectivity index (χ1) is 10.0. The number of H-pyrrole nitrogens is 1. The Labute approximate surface area is 128 Å². The first kappa shape index (κ1) is 16.1. The van der Waals surface area contributed by atoms with Gasteiger partial charge in [-0.2, -0.15) is 0 Å². The Hall–Kier alpha value is -1.24. The molecule has 0 aliphatic carbocycles. The highest BCUT2D eigenvalue weighted by molar-refractivity contribution is 7.18. The Morgan fingerprint density at radius 2 is 2.05 bits per heavy atom. The monoisotopic (exact) mass is 309 g/mol. The lowest BCUT2D eigenvalue weighted by Crippen LogP contribution is -2.23. The maximum Gasteiger partial charge on any atom is 0.259 e. The minimum atomic E-state index is -0.0365. The van der Waals surface area contributed by atoms with Gasteiger partial charge in [-0.25, -0.2) is 4.98 Å². The van der Waals surface area contributed by atoms with Crippen LogP contribution in [0.15, 0.2) is 4.79 Å². The summed E-state index contributed by atoms with van der Waals surface area (Å²) >= 11 is 1.58. The zero-order valence-electron chi connectivity index (χ0n) is 12.9. The number of aromatic amines is 1. The average Bonchev–Trinajstić information content (AvgIpc) is 2.70. The first-order valence-electron chi connectivity index (χ1n) is 7.31. The van der Waals surface area contributed by atoms with Gasteiger partial charge < -0.3 is 10.1 Å². The first-order valence-corrected chi connectivity index (χ1v) is 8.13. The molecule has 116 valence electrons. The molecule has 0 saturated carbocycles. The molecular weight excluding hydrogens is 286 g/mol. The van der Waals surface area contributed by atoms with Crippen LogP contribution in [0.4, 0.5) is 0 Å². The molecule has 0 atom stereocenters. The summed E-state index contributed by atoms with van der Waals surface area (Å²) in [5, 5.41) is 9.49. The summed E-state index contributed by atoms with van der Waals surface area (Å²) in [4.78, 5) is 23.8. The number of aliphatic hydroxyl groups is 1. The van der Waals surface area contributed by atoms with Crippen molar-refractivity contribution < 1.29 is 5.11 Å². The number of aromatic nitrogens is 2. The number of aliphatic hydroxyl groups excluding tert-OH is 1. The van der Waals surface area contributed by atoms with Crippen molar-refractivity contribution in [2.45, 2.75) is 39.7 Å². The summed E-state index contributed by atoms with van der Waals surface area (Å²) in [7, 11) is 2.02. The van der Waals surface area contributed by atoms with Gasteiger partial charge in [0.15, 0.2) is 0 Å². The van der Waals surface area contributed by atoms with Crippen LogP contribution in [0.25, 0.3) is 10.2 Å². The van der Waals surface area contributed by atoms with Gasteiger partial charge in [-0.15, -0.1) is 11.3 Å². The summed E-state index contributed by atoms with van der Waals surface area (Å²) in [5.41, 5.74) is 0.998. The summed E-state index contributed by atoms with van der Waals surface area (Å²) in [6.45, 7) is 5.82. The molecule has 0 radical (unpaired) electrons. The van der Waals surface area contributed by atoms with Crippen LogP contribution in [-0.4, -0.2) is 40.2 Å². The van der Waals surface area contributed by atoms with E-state index in [9.17, 15) is 4.79 Å². The van der Waals surface area contributed by atoms with E-state index in [1.807, 2.05) is 20.9 Å². The second kappa shape index (κ2) is 7.15. The molecule has 2 aromatic heterocycles. The van der Waals surface area contributed by atoms with Crippen LogP contribution in [0.1, 0.15) is 35.5 Å². The molecule has 0 aliphatic heterocycles. The van der Waals surface area contributed by atoms with Crippen LogP contribution in [0, 0.1) is 13.8 Å². The molecule has 2 rings (SSSR count). The van der Waals surface area contributed by atoms with Crippen molar-refractivity contribution >= 4 is 21.6 Å². The van der Waals surface area contributed by atoms with Crippen LogP contribution in [0.2, 0.25) is 0 Å². The molecule has 0 bridgehead atoms. The lowest BCUT2D eigenvalue weighted by molar-refractivity contribution is 0.269. The second-order valence-electron chi connectivity index (χ2n) is 5.50. The zero-order chi connectivity index (χ0) is 15.4. The Morgan fingerprint density at radius 3 is 2.76 bits per heavy atom. The van der Waals surface area contributed by atoms with Crippen LogP contribution in [-0.2, 0) is 6.54 Å². The van der Waals surface area contributed by atoms with Gasteiger partial charge in [-0.05, 0) is 52.3 Å². The van der Waals surface area contributed by atoms with Crippen molar-refractivity contribution in [1.82, 2.24) is 14.9 Å². The molecular formula is C15H23N3O2S. The highest BCUT2D eigenvalue weighted by Crippen LogP contribution is 2.25. The third-order valence-corrected chi connectivity index (χ3v) is 4.81. The standard InChI is InChI=1S/C15H23N3O2S/c1-10-11(2)21-15-13(10)14(20)16-12(17-15)9-18(3)7-5-4-6-8-19/h19H,4-9H2,1-3H3,(H,16,17,20). The van der Waals surface area contributed by atoms with Gasteiger partial charge in [-0.1, -0.05) is 0 Å². The Kier molecular flexibility index (Phi) is 5.50. The Morgan fingerprint density at radius 1 is 1.29 bits per heavy atom. The van der Waals surface area contributed by atoms with E-state index in [1.165, 1.54) is 0 Å². The van der Waals surface area contributed by atoms with Crippen molar-refractivity contribution in [2.75, 3.05) is 20.2 Å². The lowest BCUT2D eigenvalue weighted by Gasteiger charge is -2.15. The van der Waals surface area contributed by atoms with E-state index >= 15 is 0 Å². The van der Waals surface area contributed by atoms with E-state index in [1.54, 1.807) is 11.3 Å². The summed E-state index contributed by atoms with van der Waals surface area (Å²) in [5.74, 6) is 0.721. The average molecular weight is 309 g/mol. The second-order valence-corrected chi connectivity index (χ2v) is 6.70. The lowest BCUT2D eigenvalue weighted by atomic mass is 10.2. The molecule has 6 heteroatoms. The molecule has 0 aliphatic rings. The zero-order valence-corrected chi connectivity index (χ0v) is 13.7. The van der Waals surface area contributed by atoms with Gasteiger partial charge in [-0.3, -0.25) is 9.69 Å². The van der Waals surface area contributed by atoms with Crippen molar-refractivity contribution in [1.29, 1.82) is 0 Å². The Bertz CT molecular complexity index is 663. The minimum absolute atomic E-state index is 0.0365. The normalized spacial score (nSPS) is 11.7. The summed E-state index contributed by atoms with van der Waals surface area (Å²) in [6.07, 6.45) is 2.91. The van der Waals surface area contributed by atoms with Crippen LogP contribution >= 0.6 is 11.3 Å². The predicted molar refractivity (Wildman–Crippen MR) is 87.0 cm³/mol. The third kappa shape index (κ3) is 3.90. The molecule has 2 N–H and O–H groups in total. The van der Waals surface area contributed by atoms with Gasteiger partial charge >= 0.3 is 0 Å². The SMILES string of the molecule is Cc1sc2nc(CN(C)CCCCCO)[nH]c(=O)c2c1C. The molecule has 2 heterocycles. The van der Waals surface area contributed by atoms with Crippen molar-refractivity contribution in [3.05, 3.63) is 26.6 Å². The van der Waals surface area contributed by atoms with Gasteiger partial charge in [0.25, 0.3) is 5.56 Å². The fourth-order valence-corrected chi connectivity index (χ4v) is 3.43. The maximum absolute atomic E-state index is 12.2. The van der Waals surface area contributed by atoms with E-state index in [-0.39, 0.29) is 12.2 Å². The molecule has 0 saturated heterocycles. The number of aryl methyl sites for hydroxylation is 2. The van der Waals surface area contributed by atoms with Crippen LogP contribution in [0.3, 0.4) is 0 Å². The number of nitrogens with zero attached hydrogens (tertiary/aromatic N) is 2. The molecule has 0 aromatic carbocycles. The number of hydrogen-bond acceptors (Lipinski definition) is 5. The largest absolute Gasteiger partial charge is 0.396 e. The van der Waals surface area contributed by atoms with E-state index < -0.39 is 0 Å². The van der Waals surface area contributed by atoms with Crippen molar-refractivity contribution in [2.24, 2.45) is 0 Å². The van der Waals surface area contributed by atoms with Gasteiger partial charge in [0.05, 0.1) is 11.9 Å². The van der Waals surface area contributed by atoms with E-state index in [0.29, 0.717) is 6.54 Å². The fourth-order valence-electron chi connectivity index (χ4n) is 2.38. The molecule has 0 amide bonds. The third-order valence-electron chi connectivity index (χ3n) is 3.71. The maximum atomic E-state index is 12.2. The summed E-state index contributed by atoms with van der Waals surface area (Å²) in [6, 6.07) is 0. The fraction of sp³-hybridized carbons (Fsp3) is 0.600. The van der Waals surface area contributed by atoms with Gasteiger partial charge in [0.1, 0.15) is 10.7 Å². The van der Waals surface area contributed by atoms with E-state index in [2.05, 4.69) is 14.9 Å². The molecule has 0 spiro atoms. The van der Waals surface area contributed by atoms with Gasteiger partial charge in [0, 0.05) is 11.5 Å². The number of rotatable bonds is 7. The highest BCUT2D eigenvalue weighted by atomic mass is 32.1. The predicted octanol–water partition coefficient (Wildman–Crippen LogP) is 2.20. The topological polar surface area (TPSA) is 69.2 Å². The number of fused-ring (bicyclic) bond motifs is 1. The molecule has 5 nitrogen and oxygen atoms in total. The number of hydrogen-bond donors (Lipinski definition) is 2. The van der Waals surface area contributed by atoms with Crippen LogP contribution in [0.5, 0.6) is 0 Å². The van der Waals surface area contributed by atoms with E-state index in [4.69, 9.17) is 5.11 Å². The Balaban J connectivity index is 2.07. The van der Waals surface area contributed by atoms with Crippen molar-refractivity contribution in [3.63, 3.8) is 0 Å².